The molecular formula is C14H24N2O3. The zero-order chi connectivity index (χ0) is 14.6. The highest BCUT2D eigenvalue weighted by atomic mass is 16.3. The summed E-state index contributed by atoms with van der Waals surface area (Å²) in [4.78, 5) is 23.1. The Kier molecular flexibility index (Phi) is 3.16. The van der Waals surface area contributed by atoms with Gasteiger partial charge in [-0.3, -0.25) is 9.59 Å². The molecule has 2 amide bonds. The smallest absolute Gasteiger partial charge is 0.242 e. The zero-order valence-corrected chi connectivity index (χ0v) is 12.3. The number of hydrogen-bond donors (Lipinski definition) is 3. The van der Waals surface area contributed by atoms with Crippen LogP contribution in [0.1, 0.15) is 41.0 Å². The lowest BCUT2D eigenvalue weighted by Gasteiger charge is -2.31. The van der Waals surface area contributed by atoms with Crippen LogP contribution in [0.5, 0.6) is 0 Å². The van der Waals surface area contributed by atoms with Crippen LogP contribution < -0.4 is 10.6 Å². The third kappa shape index (κ3) is 2.04. The monoisotopic (exact) mass is 268 g/mol. The molecule has 6 atom stereocenters. The highest BCUT2D eigenvalue weighted by Crippen LogP contribution is 2.71. The van der Waals surface area contributed by atoms with E-state index >= 15 is 0 Å². The van der Waals surface area contributed by atoms with Gasteiger partial charge in [0.05, 0.1) is 6.10 Å². The average Bonchev–Trinajstić information content (AvgIpc) is 2.74. The van der Waals surface area contributed by atoms with Crippen molar-refractivity contribution < 1.29 is 14.7 Å². The van der Waals surface area contributed by atoms with Crippen molar-refractivity contribution in [2.24, 2.45) is 17.3 Å². The molecule has 5 nitrogen and oxygen atoms in total. The van der Waals surface area contributed by atoms with Crippen molar-refractivity contribution >= 4 is 11.8 Å². The van der Waals surface area contributed by atoms with E-state index in [0.717, 1.165) is 0 Å². The second-order valence-electron chi connectivity index (χ2n) is 6.68. The molecule has 0 bridgehead atoms. The van der Waals surface area contributed by atoms with E-state index in [1.54, 1.807) is 6.92 Å². The maximum absolute atomic E-state index is 12.1. The fourth-order valence-corrected chi connectivity index (χ4v) is 4.14. The first-order valence-electron chi connectivity index (χ1n) is 6.90. The summed E-state index contributed by atoms with van der Waals surface area (Å²) in [5.74, 6) is 0.318. The summed E-state index contributed by atoms with van der Waals surface area (Å²) in [5.41, 5.74) is -0.448. The number of amides is 2. The molecule has 108 valence electrons. The second-order valence-corrected chi connectivity index (χ2v) is 6.68. The van der Waals surface area contributed by atoms with E-state index < -0.39 is 6.04 Å². The van der Waals surface area contributed by atoms with Crippen LogP contribution in [0.15, 0.2) is 0 Å². The van der Waals surface area contributed by atoms with Gasteiger partial charge in [0.1, 0.15) is 6.04 Å². The first kappa shape index (κ1) is 14.3. The minimum absolute atomic E-state index is 0.0702. The van der Waals surface area contributed by atoms with Crippen LogP contribution in [0.2, 0.25) is 0 Å². The van der Waals surface area contributed by atoms with Crippen molar-refractivity contribution in [3.63, 3.8) is 0 Å². The van der Waals surface area contributed by atoms with Crippen molar-refractivity contribution in [1.29, 1.82) is 0 Å². The van der Waals surface area contributed by atoms with E-state index in [9.17, 15) is 14.7 Å². The van der Waals surface area contributed by atoms with Gasteiger partial charge in [0.25, 0.3) is 0 Å². The van der Waals surface area contributed by atoms with Crippen LogP contribution in [-0.4, -0.2) is 34.6 Å². The molecule has 0 saturated heterocycles. The summed E-state index contributed by atoms with van der Waals surface area (Å²) < 4.78 is 0. The number of carbonyl (C=O) groups is 2. The van der Waals surface area contributed by atoms with Crippen LogP contribution in [0.4, 0.5) is 0 Å². The maximum atomic E-state index is 12.1. The Labute approximate surface area is 114 Å². The van der Waals surface area contributed by atoms with Gasteiger partial charge in [-0.2, -0.15) is 0 Å². The van der Waals surface area contributed by atoms with Crippen LogP contribution in [-0.2, 0) is 9.59 Å². The highest BCUT2D eigenvalue weighted by Gasteiger charge is 2.74. The molecule has 2 aliphatic carbocycles. The lowest BCUT2D eigenvalue weighted by atomic mass is 9.91. The van der Waals surface area contributed by atoms with Gasteiger partial charge in [-0.25, -0.2) is 0 Å². The summed E-state index contributed by atoms with van der Waals surface area (Å²) in [6, 6.07) is -0.549. The van der Waals surface area contributed by atoms with E-state index in [2.05, 4.69) is 24.5 Å². The predicted octanol–water partition coefficient (Wildman–Crippen LogP) is 0.423. The van der Waals surface area contributed by atoms with Crippen molar-refractivity contribution in [2.45, 2.75) is 58.7 Å². The molecule has 2 aliphatic rings. The van der Waals surface area contributed by atoms with Gasteiger partial charge in [0.2, 0.25) is 11.8 Å². The van der Waals surface area contributed by atoms with E-state index in [1.165, 1.54) is 6.92 Å². The quantitative estimate of drug-likeness (QED) is 0.694. The van der Waals surface area contributed by atoms with Crippen LogP contribution >= 0.6 is 0 Å². The molecule has 3 N–H and O–H groups in total. The number of aliphatic hydroxyl groups excluding tert-OH is 1. The topological polar surface area (TPSA) is 78.4 Å². The van der Waals surface area contributed by atoms with Gasteiger partial charge in [0.15, 0.2) is 0 Å². The summed E-state index contributed by atoms with van der Waals surface area (Å²) in [6.45, 7) is 9.26. The Morgan fingerprint density at radius 1 is 1.37 bits per heavy atom. The van der Waals surface area contributed by atoms with E-state index in [-0.39, 0.29) is 28.9 Å². The Morgan fingerprint density at radius 3 is 2.37 bits per heavy atom. The molecule has 2 rings (SSSR count). The fourth-order valence-electron chi connectivity index (χ4n) is 4.14. The van der Waals surface area contributed by atoms with Crippen molar-refractivity contribution in [3.05, 3.63) is 0 Å². The average molecular weight is 268 g/mol. The Hall–Kier alpha value is -1.10. The minimum Gasteiger partial charge on any atom is -0.392 e. The molecule has 2 saturated carbocycles. The van der Waals surface area contributed by atoms with E-state index in [0.29, 0.717) is 18.3 Å². The minimum atomic E-state index is -0.549. The predicted molar refractivity (Wildman–Crippen MR) is 71.2 cm³/mol. The van der Waals surface area contributed by atoms with Crippen LogP contribution in [0.3, 0.4) is 0 Å². The molecular weight excluding hydrogens is 244 g/mol. The summed E-state index contributed by atoms with van der Waals surface area (Å²) in [5, 5.41) is 15.8. The number of hydrogen-bond acceptors (Lipinski definition) is 3. The third-order valence-corrected chi connectivity index (χ3v) is 5.29. The fraction of sp³-hybridized carbons (Fsp3) is 0.857. The number of rotatable bonds is 3. The molecule has 0 aliphatic heterocycles. The first-order valence-corrected chi connectivity index (χ1v) is 6.90. The lowest BCUT2D eigenvalue weighted by Crippen LogP contribution is -2.54. The van der Waals surface area contributed by atoms with Crippen LogP contribution in [0.25, 0.3) is 0 Å². The van der Waals surface area contributed by atoms with Crippen molar-refractivity contribution in [1.82, 2.24) is 10.6 Å². The molecule has 1 unspecified atom stereocenters. The van der Waals surface area contributed by atoms with Gasteiger partial charge in [-0.1, -0.05) is 13.8 Å². The lowest BCUT2D eigenvalue weighted by molar-refractivity contribution is -0.129. The van der Waals surface area contributed by atoms with Gasteiger partial charge < -0.3 is 15.7 Å². The molecule has 2 fully saturated rings. The third-order valence-electron chi connectivity index (χ3n) is 5.29. The van der Waals surface area contributed by atoms with Crippen molar-refractivity contribution in [3.8, 4) is 0 Å². The molecule has 0 spiro atoms. The van der Waals surface area contributed by atoms with E-state index in [1.807, 2.05) is 6.92 Å². The number of aliphatic hydroxyl groups is 1. The Bertz CT molecular complexity index is 425. The maximum Gasteiger partial charge on any atom is 0.242 e. The summed E-state index contributed by atoms with van der Waals surface area (Å²) in [6.07, 6.45) is 0.214. The highest BCUT2D eigenvalue weighted by molar-refractivity contribution is 5.87. The van der Waals surface area contributed by atoms with Gasteiger partial charge in [-0.05, 0) is 32.1 Å². The Morgan fingerprint density at radius 2 is 1.95 bits per heavy atom. The molecule has 0 aromatic heterocycles. The molecule has 0 heterocycles. The molecule has 19 heavy (non-hydrogen) atoms. The van der Waals surface area contributed by atoms with Gasteiger partial charge in [-0.15, -0.1) is 0 Å². The second kappa shape index (κ2) is 4.20. The number of nitrogens with one attached hydrogen (secondary N) is 2. The number of fused-ring (bicyclic) bond motifs is 1. The first-order chi connectivity index (χ1) is 8.63. The largest absolute Gasteiger partial charge is 0.392 e. The SMILES string of the molecule is CC(=O)N[C@@H](C)C(=O)N[C@@]1(C)C[C@H](O)C2(C)[C@H](C)[C@H]21. The summed E-state index contributed by atoms with van der Waals surface area (Å²) >= 11 is 0. The van der Waals surface area contributed by atoms with Gasteiger partial charge in [0, 0.05) is 17.9 Å². The standard InChI is InChI=1S/C14H24N2O3/c1-7-11-13(4,6-10(18)14(7,11)5)16-12(19)8(2)15-9(3)17/h7-8,10-11,18H,6H2,1-5H3,(H,15,17)(H,16,19)/t7-,8+,10+,11+,13+,14?/m1/s1. The molecule has 0 aromatic rings. The molecule has 5 heteroatoms. The number of carbonyl (C=O) groups excluding carboxylic acids is 2. The molecule has 0 aromatic carbocycles. The van der Waals surface area contributed by atoms with Gasteiger partial charge >= 0.3 is 0 Å². The normalized spacial score (nSPS) is 45.3. The summed E-state index contributed by atoms with van der Waals surface area (Å²) in [7, 11) is 0. The van der Waals surface area contributed by atoms with E-state index in [4.69, 9.17) is 0 Å². The zero-order valence-electron chi connectivity index (χ0n) is 12.3. The van der Waals surface area contributed by atoms with Crippen LogP contribution in [0, 0.1) is 17.3 Å². The van der Waals surface area contributed by atoms with Crippen molar-refractivity contribution in [2.75, 3.05) is 0 Å². The Balaban J connectivity index is 2.04. The molecule has 0 radical (unpaired) electrons.